The second kappa shape index (κ2) is 50.1. The van der Waals surface area contributed by atoms with Crippen LogP contribution >= 0.6 is 0 Å². The maximum atomic E-state index is 13.1. The Kier molecular flexibility index (Phi) is 48.7. The molecule has 11 nitrogen and oxygen atoms in total. The van der Waals surface area contributed by atoms with Gasteiger partial charge in [-0.3, -0.25) is 19.3 Å². The lowest BCUT2D eigenvalue weighted by Gasteiger charge is -2.22. The van der Waals surface area contributed by atoms with Gasteiger partial charge in [-0.1, -0.05) is 182 Å². The van der Waals surface area contributed by atoms with Crippen LogP contribution in [0.3, 0.4) is 0 Å². The molecule has 0 radical (unpaired) electrons. The van der Waals surface area contributed by atoms with Gasteiger partial charge < -0.3 is 34.1 Å². The maximum Gasteiger partial charge on any atom is 0.320 e. The first-order valence-corrected chi connectivity index (χ1v) is 27.6. The zero-order valence-electron chi connectivity index (χ0n) is 43.1. The fourth-order valence-corrected chi connectivity index (χ4v) is 8.53. The molecule has 0 aromatic rings. The third kappa shape index (κ3) is 42.1. The molecular weight excluding hydrogens is 821 g/mol. The Morgan fingerprint density at radius 3 is 1.15 bits per heavy atom. The molecule has 0 aliphatic carbocycles. The summed E-state index contributed by atoms with van der Waals surface area (Å²) in [6, 6.07) is 0. The van der Waals surface area contributed by atoms with E-state index in [4.69, 9.17) is 18.9 Å². The highest BCUT2D eigenvalue weighted by Gasteiger charge is 2.21. The van der Waals surface area contributed by atoms with Crippen LogP contribution in [0.2, 0.25) is 0 Å². The van der Waals surface area contributed by atoms with Crippen molar-refractivity contribution in [1.82, 2.24) is 9.80 Å². The summed E-state index contributed by atoms with van der Waals surface area (Å²) in [4.78, 5) is 42.5. The smallest absolute Gasteiger partial charge is 0.320 e. The lowest BCUT2D eigenvalue weighted by Crippen LogP contribution is -2.35. The molecule has 0 aromatic heterocycles. The predicted molar refractivity (Wildman–Crippen MR) is 268 cm³/mol. The predicted octanol–water partition coefficient (Wildman–Crippen LogP) is 12.0. The summed E-state index contributed by atoms with van der Waals surface area (Å²) in [6.07, 6.45) is 36.4. The van der Waals surface area contributed by atoms with Crippen LogP contribution in [0, 0.1) is 11.8 Å². The number of rotatable bonds is 52. The van der Waals surface area contributed by atoms with E-state index in [2.05, 4.69) is 32.6 Å². The first-order valence-electron chi connectivity index (χ1n) is 27.6. The maximum absolute atomic E-state index is 13.1. The van der Waals surface area contributed by atoms with Crippen molar-refractivity contribution in [2.75, 3.05) is 85.5 Å². The van der Waals surface area contributed by atoms with E-state index < -0.39 is 5.97 Å². The molecule has 0 rings (SSSR count). The third-order valence-electron chi connectivity index (χ3n) is 12.7. The average molecular weight is 927 g/mol. The fraction of sp³-hybridized carbons (Fsp3) is 0.944. The van der Waals surface area contributed by atoms with Gasteiger partial charge in [0.1, 0.15) is 6.61 Å². The van der Waals surface area contributed by atoms with Crippen molar-refractivity contribution >= 4 is 17.9 Å². The van der Waals surface area contributed by atoms with Crippen LogP contribution in [0.5, 0.6) is 0 Å². The minimum absolute atomic E-state index is 0.0185. The SMILES string of the molecule is CCCCCCCCC(CCCCCC)C(=O)OCCCCCCN(CCCCCCOC(=O)C(CCCCCC)CCCCCCCC)CCOCCOC(=O)CN(CCO)CCO. The van der Waals surface area contributed by atoms with Crippen LogP contribution in [-0.2, 0) is 33.3 Å². The second-order valence-corrected chi connectivity index (χ2v) is 18.8. The van der Waals surface area contributed by atoms with Crippen molar-refractivity contribution < 1.29 is 43.5 Å². The van der Waals surface area contributed by atoms with Crippen LogP contribution < -0.4 is 0 Å². The van der Waals surface area contributed by atoms with E-state index in [1.54, 1.807) is 4.90 Å². The molecule has 0 bridgehead atoms. The number of aliphatic hydroxyl groups excluding tert-OH is 2. The topological polar surface area (TPSA) is 135 Å². The van der Waals surface area contributed by atoms with Gasteiger partial charge in [0.15, 0.2) is 0 Å². The monoisotopic (exact) mass is 927 g/mol. The van der Waals surface area contributed by atoms with Crippen LogP contribution in [0.4, 0.5) is 0 Å². The Morgan fingerprint density at radius 1 is 0.369 bits per heavy atom. The summed E-state index contributed by atoms with van der Waals surface area (Å²) in [5.41, 5.74) is 0. The van der Waals surface area contributed by atoms with Crippen molar-refractivity contribution in [2.24, 2.45) is 11.8 Å². The van der Waals surface area contributed by atoms with E-state index in [1.807, 2.05) is 0 Å². The van der Waals surface area contributed by atoms with Crippen LogP contribution in [-0.4, -0.2) is 123 Å². The summed E-state index contributed by atoms with van der Waals surface area (Å²) in [5.74, 6) is -0.262. The largest absolute Gasteiger partial charge is 0.465 e. The van der Waals surface area contributed by atoms with Gasteiger partial charge in [0.2, 0.25) is 0 Å². The number of carbonyl (C=O) groups excluding carboxylic acids is 3. The first kappa shape index (κ1) is 63.2. The third-order valence-corrected chi connectivity index (χ3v) is 12.7. The number of esters is 3. The quantitative estimate of drug-likeness (QED) is 0.0343. The van der Waals surface area contributed by atoms with E-state index in [9.17, 15) is 24.6 Å². The van der Waals surface area contributed by atoms with Crippen molar-refractivity contribution in [1.29, 1.82) is 0 Å². The van der Waals surface area contributed by atoms with Crippen molar-refractivity contribution in [3.05, 3.63) is 0 Å². The molecule has 0 aliphatic heterocycles. The standard InChI is InChI=1S/C54H106N2O9/c1-5-9-13-17-19-27-35-50(33-25-15-11-7-3)53(60)64-44-31-23-21-29-37-55(41-46-62-47-48-63-52(59)49-56(39-42-57)40-43-58)38-30-22-24-32-45-65-54(61)51(34-26-16-12-8-4)36-28-20-18-14-10-6-2/h50-51,57-58H,5-49H2,1-4H3. The first-order chi connectivity index (χ1) is 31.9. The van der Waals surface area contributed by atoms with E-state index in [-0.39, 0.29) is 50.1 Å². The minimum Gasteiger partial charge on any atom is -0.465 e. The summed E-state index contributed by atoms with van der Waals surface area (Å²) in [6.45, 7) is 14.2. The molecule has 2 atom stereocenters. The lowest BCUT2D eigenvalue weighted by atomic mass is 9.94. The van der Waals surface area contributed by atoms with E-state index in [0.717, 1.165) is 122 Å². The van der Waals surface area contributed by atoms with E-state index >= 15 is 0 Å². The Morgan fingerprint density at radius 2 is 0.738 bits per heavy atom. The highest BCUT2D eigenvalue weighted by Crippen LogP contribution is 2.22. The molecule has 2 N–H and O–H groups in total. The van der Waals surface area contributed by atoms with Crippen molar-refractivity contribution in [3.63, 3.8) is 0 Å². The van der Waals surface area contributed by atoms with Gasteiger partial charge in [-0.2, -0.15) is 0 Å². The normalized spacial score (nSPS) is 12.6. The number of aliphatic hydroxyl groups is 2. The number of nitrogens with zero attached hydrogens (tertiary/aromatic N) is 2. The highest BCUT2D eigenvalue weighted by molar-refractivity contribution is 5.73. The van der Waals surface area contributed by atoms with Gasteiger partial charge in [0.05, 0.1) is 58.0 Å². The summed E-state index contributed by atoms with van der Waals surface area (Å²) >= 11 is 0. The molecule has 0 heterocycles. The molecule has 0 fully saturated rings. The number of hydrogen-bond acceptors (Lipinski definition) is 11. The number of ether oxygens (including phenoxy) is 4. The second-order valence-electron chi connectivity index (χ2n) is 18.8. The van der Waals surface area contributed by atoms with E-state index in [0.29, 0.717) is 39.5 Å². The zero-order valence-corrected chi connectivity index (χ0v) is 43.1. The Balaban J connectivity index is 4.85. The highest BCUT2D eigenvalue weighted by atomic mass is 16.6. The summed E-state index contributed by atoms with van der Waals surface area (Å²) in [7, 11) is 0. The molecule has 0 saturated heterocycles. The molecule has 2 unspecified atom stereocenters. The van der Waals surface area contributed by atoms with Gasteiger partial charge in [-0.25, -0.2) is 0 Å². The van der Waals surface area contributed by atoms with Crippen LogP contribution in [0.25, 0.3) is 0 Å². The number of carbonyl (C=O) groups is 3. The van der Waals surface area contributed by atoms with Gasteiger partial charge in [0.25, 0.3) is 0 Å². The van der Waals surface area contributed by atoms with E-state index in [1.165, 1.54) is 103 Å². The molecule has 0 spiro atoms. The summed E-state index contributed by atoms with van der Waals surface area (Å²) in [5, 5.41) is 18.4. The molecule has 0 aromatic carbocycles. The molecule has 386 valence electrons. The zero-order chi connectivity index (χ0) is 47.7. The van der Waals surface area contributed by atoms with Crippen molar-refractivity contribution in [2.45, 2.75) is 233 Å². The fourth-order valence-electron chi connectivity index (χ4n) is 8.53. The Labute approximate surface area is 400 Å². The molecule has 65 heavy (non-hydrogen) atoms. The van der Waals surface area contributed by atoms with Gasteiger partial charge in [0, 0.05) is 19.6 Å². The Hall–Kier alpha value is -1.79. The van der Waals surface area contributed by atoms with Crippen LogP contribution in [0.1, 0.15) is 233 Å². The molecular formula is C54H106N2O9. The van der Waals surface area contributed by atoms with Crippen molar-refractivity contribution in [3.8, 4) is 0 Å². The van der Waals surface area contributed by atoms with Gasteiger partial charge >= 0.3 is 17.9 Å². The van der Waals surface area contributed by atoms with Gasteiger partial charge in [-0.05, 0) is 64.5 Å². The lowest BCUT2D eigenvalue weighted by molar-refractivity contribution is -0.150. The van der Waals surface area contributed by atoms with Crippen LogP contribution in [0.15, 0.2) is 0 Å². The average Bonchev–Trinajstić information content (AvgIpc) is 3.30. The number of unbranched alkanes of at least 4 members (excludes halogenated alkanes) is 22. The molecule has 0 aliphatic rings. The summed E-state index contributed by atoms with van der Waals surface area (Å²) < 4.78 is 22.9. The molecule has 0 amide bonds. The van der Waals surface area contributed by atoms with Gasteiger partial charge in [-0.15, -0.1) is 0 Å². The molecule has 11 heteroatoms. The number of hydrogen-bond donors (Lipinski definition) is 2. The molecule has 0 saturated carbocycles. The minimum atomic E-state index is -0.396. The Bertz CT molecular complexity index is 970.